The summed E-state index contributed by atoms with van der Waals surface area (Å²) in [6.45, 7) is 3.33. The lowest BCUT2D eigenvalue weighted by Crippen LogP contribution is -2.33. The molecule has 1 amide bonds. The average molecular weight is 526 g/mol. The van der Waals surface area contributed by atoms with Gasteiger partial charge in [-0.25, -0.2) is 10.2 Å². The number of carbonyl (C=O) groups excluding carboxylic acids is 2. The van der Waals surface area contributed by atoms with E-state index in [2.05, 4.69) is 26.5 Å². The first kappa shape index (κ1) is 24.6. The maximum absolute atomic E-state index is 12.6. The number of hydrazone groups is 1. The van der Waals surface area contributed by atoms with E-state index < -0.39 is 22.9 Å². The fourth-order valence-corrected chi connectivity index (χ4v) is 3.21. The van der Waals surface area contributed by atoms with Crippen LogP contribution in [-0.4, -0.2) is 29.1 Å². The molecule has 174 valence electrons. The lowest BCUT2D eigenvalue weighted by Gasteiger charge is -2.13. The van der Waals surface area contributed by atoms with Crippen LogP contribution < -0.4 is 14.9 Å². The number of carbonyl (C=O) groups is 2. The quantitative estimate of drug-likeness (QED) is 0.148. The van der Waals surface area contributed by atoms with Crippen molar-refractivity contribution in [3.8, 4) is 11.5 Å². The molecule has 1 unspecified atom stereocenters. The molecule has 3 aromatic carbocycles. The molecule has 9 nitrogen and oxygen atoms in total. The number of nitro groups is 1. The molecule has 0 bridgehead atoms. The van der Waals surface area contributed by atoms with Crippen molar-refractivity contribution in [3.05, 3.63) is 98.0 Å². The Morgan fingerprint density at radius 3 is 2.50 bits per heavy atom. The summed E-state index contributed by atoms with van der Waals surface area (Å²) in [7, 11) is 0. The smallest absolute Gasteiger partial charge is 0.343 e. The first-order valence-corrected chi connectivity index (χ1v) is 10.9. The molecule has 0 aliphatic carbocycles. The van der Waals surface area contributed by atoms with Gasteiger partial charge >= 0.3 is 5.97 Å². The summed E-state index contributed by atoms with van der Waals surface area (Å²) in [5.74, 6) is -0.480. The molecule has 0 heterocycles. The number of rotatable bonds is 8. The highest BCUT2D eigenvalue weighted by molar-refractivity contribution is 9.10. The minimum atomic E-state index is -0.917. The first-order valence-electron chi connectivity index (χ1n) is 10.1. The van der Waals surface area contributed by atoms with Crippen molar-refractivity contribution in [3.63, 3.8) is 0 Å². The number of hydrogen-bond donors (Lipinski definition) is 1. The molecular weight excluding hydrogens is 506 g/mol. The van der Waals surface area contributed by atoms with Crippen LogP contribution in [0.15, 0.2) is 76.3 Å². The van der Waals surface area contributed by atoms with Crippen LogP contribution in [0.2, 0.25) is 0 Å². The van der Waals surface area contributed by atoms with Crippen molar-refractivity contribution in [1.82, 2.24) is 5.43 Å². The van der Waals surface area contributed by atoms with Gasteiger partial charge in [-0.3, -0.25) is 14.9 Å². The van der Waals surface area contributed by atoms with E-state index in [-0.39, 0.29) is 11.4 Å². The number of amides is 1. The Hall–Kier alpha value is -4.05. The summed E-state index contributed by atoms with van der Waals surface area (Å²) in [6, 6.07) is 17.5. The van der Waals surface area contributed by atoms with Crippen LogP contribution in [0, 0.1) is 17.0 Å². The molecule has 1 atom stereocenters. The van der Waals surface area contributed by atoms with Crippen LogP contribution in [0.5, 0.6) is 11.5 Å². The van der Waals surface area contributed by atoms with Gasteiger partial charge in [-0.2, -0.15) is 5.10 Å². The number of benzene rings is 3. The zero-order valence-electron chi connectivity index (χ0n) is 18.2. The SMILES string of the molecule is Cc1ccccc1C(=O)Oc1ccc(Br)cc1/C=N/NC(=O)C(C)Oc1ccc([N+](=O)[O-])cc1. The number of nitro benzene ring substituents is 1. The molecule has 34 heavy (non-hydrogen) atoms. The molecular formula is C24H20BrN3O6. The van der Waals surface area contributed by atoms with E-state index in [1.54, 1.807) is 30.3 Å². The maximum atomic E-state index is 12.6. The average Bonchev–Trinajstić information content (AvgIpc) is 2.81. The first-order chi connectivity index (χ1) is 16.2. The number of non-ortho nitro benzene ring substituents is 1. The van der Waals surface area contributed by atoms with Gasteiger partial charge in [-0.1, -0.05) is 34.1 Å². The normalized spacial score (nSPS) is 11.6. The third-order valence-corrected chi connectivity index (χ3v) is 5.14. The van der Waals surface area contributed by atoms with Gasteiger partial charge in [-0.15, -0.1) is 0 Å². The van der Waals surface area contributed by atoms with Crippen molar-refractivity contribution in [2.75, 3.05) is 0 Å². The predicted molar refractivity (Wildman–Crippen MR) is 129 cm³/mol. The molecule has 0 spiro atoms. The Morgan fingerprint density at radius 1 is 1.12 bits per heavy atom. The number of ether oxygens (including phenoxy) is 2. The predicted octanol–water partition coefficient (Wildman–Crippen LogP) is 4.80. The zero-order chi connectivity index (χ0) is 24.7. The molecule has 3 rings (SSSR count). The van der Waals surface area contributed by atoms with Crippen LogP contribution in [0.1, 0.15) is 28.4 Å². The van der Waals surface area contributed by atoms with Gasteiger partial charge in [0.05, 0.1) is 16.7 Å². The molecule has 3 aromatic rings. The monoisotopic (exact) mass is 525 g/mol. The lowest BCUT2D eigenvalue weighted by molar-refractivity contribution is -0.384. The van der Waals surface area contributed by atoms with E-state index >= 15 is 0 Å². The van der Waals surface area contributed by atoms with Crippen LogP contribution >= 0.6 is 15.9 Å². The van der Waals surface area contributed by atoms with Gasteiger partial charge in [0.2, 0.25) is 0 Å². The molecule has 1 N–H and O–H groups in total. The van der Waals surface area contributed by atoms with Crippen molar-refractivity contribution in [2.45, 2.75) is 20.0 Å². The molecule has 0 aliphatic rings. The zero-order valence-corrected chi connectivity index (χ0v) is 19.8. The Balaban J connectivity index is 1.65. The number of esters is 1. The number of nitrogens with one attached hydrogen (secondary N) is 1. The van der Waals surface area contributed by atoms with Crippen molar-refractivity contribution >= 4 is 39.7 Å². The summed E-state index contributed by atoms with van der Waals surface area (Å²) in [6.07, 6.45) is 0.432. The van der Waals surface area contributed by atoms with Crippen molar-refractivity contribution < 1.29 is 24.0 Å². The Morgan fingerprint density at radius 2 is 1.82 bits per heavy atom. The fraction of sp³-hybridized carbons (Fsp3) is 0.125. The van der Waals surface area contributed by atoms with Crippen LogP contribution in [-0.2, 0) is 4.79 Å². The topological polar surface area (TPSA) is 120 Å². The van der Waals surface area contributed by atoms with Gasteiger partial charge in [0.1, 0.15) is 11.5 Å². The van der Waals surface area contributed by atoms with Crippen molar-refractivity contribution in [1.29, 1.82) is 0 Å². The Labute approximate surface area is 203 Å². The summed E-state index contributed by atoms with van der Waals surface area (Å²) in [5.41, 5.74) is 3.97. The number of nitrogens with zero attached hydrogens (tertiary/aromatic N) is 2. The lowest BCUT2D eigenvalue weighted by atomic mass is 10.1. The Bertz CT molecular complexity index is 1240. The highest BCUT2D eigenvalue weighted by Crippen LogP contribution is 2.23. The molecule has 0 aromatic heterocycles. The van der Waals surface area contributed by atoms with Crippen LogP contribution in [0.4, 0.5) is 5.69 Å². The second kappa shape index (κ2) is 11.2. The molecule has 0 radical (unpaired) electrons. The van der Waals surface area contributed by atoms with E-state index in [0.717, 1.165) is 10.0 Å². The standard InChI is InChI=1S/C24H20BrN3O6/c1-15-5-3-4-6-21(15)24(30)34-22-12-7-18(25)13-17(22)14-26-27-23(29)16(2)33-20-10-8-19(9-11-20)28(31)32/h3-14,16H,1-2H3,(H,27,29)/b26-14+. The summed E-state index contributed by atoms with van der Waals surface area (Å²) in [4.78, 5) is 35.1. The Kier molecular flexibility index (Phi) is 8.10. The second-order valence-electron chi connectivity index (χ2n) is 7.13. The van der Waals surface area contributed by atoms with E-state index in [1.807, 2.05) is 19.1 Å². The van der Waals surface area contributed by atoms with Gasteiger partial charge in [-0.05, 0) is 55.8 Å². The van der Waals surface area contributed by atoms with E-state index in [0.29, 0.717) is 16.9 Å². The highest BCUT2D eigenvalue weighted by Gasteiger charge is 2.16. The van der Waals surface area contributed by atoms with Gasteiger partial charge in [0.25, 0.3) is 11.6 Å². The minimum absolute atomic E-state index is 0.0815. The summed E-state index contributed by atoms with van der Waals surface area (Å²) >= 11 is 3.36. The van der Waals surface area contributed by atoms with E-state index in [1.165, 1.54) is 37.4 Å². The molecule has 0 fully saturated rings. The summed E-state index contributed by atoms with van der Waals surface area (Å²) in [5, 5.41) is 14.7. The van der Waals surface area contributed by atoms with E-state index in [4.69, 9.17) is 9.47 Å². The fourth-order valence-electron chi connectivity index (χ4n) is 2.83. The number of aryl methyl sites for hydroxylation is 1. The largest absolute Gasteiger partial charge is 0.481 e. The third kappa shape index (κ3) is 6.48. The second-order valence-corrected chi connectivity index (χ2v) is 8.05. The molecule has 10 heteroatoms. The summed E-state index contributed by atoms with van der Waals surface area (Å²) < 4.78 is 11.8. The van der Waals surface area contributed by atoms with Gasteiger partial charge in [0.15, 0.2) is 6.10 Å². The van der Waals surface area contributed by atoms with Crippen molar-refractivity contribution in [2.24, 2.45) is 5.10 Å². The van der Waals surface area contributed by atoms with Gasteiger partial charge in [0, 0.05) is 22.2 Å². The maximum Gasteiger partial charge on any atom is 0.343 e. The van der Waals surface area contributed by atoms with Crippen LogP contribution in [0.25, 0.3) is 0 Å². The van der Waals surface area contributed by atoms with E-state index in [9.17, 15) is 19.7 Å². The number of hydrogen-bond acceptors (Lipinski definition) is 7. The van der Waals surface area contributed by atoms with Crippen LogP contribution in [0.3, 0.4) is 0 Å². The molecule has 0 saturated heterocycles. The number of halogens is 1. The third-order valence-electron chi connectivity index (χ3n) is 4.65. The highest BCUT2D eigenvalue weighted by atomic mass is 79.9. The van der Waals surface area contributed by atoms with Gasteiger partial charge < -0.3 is 9.47 Å². The molecule has 0 aliphatic heterocycles. The molecule has 0 saturated carbocycles. The minimum Gasteiger partial charge on any atom is -0.481 e.